The van der Waals surface area contributed by atoms with Crippen molar-refractivity contribution in [3.8, 4) is 22.9 Å². The zero-order valence-electron chi connectivity index (χ0n) is 20.8. The molecule has 1 aromatic heterocycles. The van der Waals surface area contributed by atoms with E-state index in [0.717, 1.165) is 50.8 Å². The Balaban J connectivity index is 1.28. The van der Waals surface area contributed by atoms with Gasteiger partial charge in [0.1, 0.15) is 0 Å². The molecule has 7 rings (SSSR count). The number of anilines is 6. The summed E-state index contributed by atoms with van der Waals surface area (Å²) < 4.78 is 6.03. The van der Waals surface area contributed by atoms with E-state index in [1.54, 1.807) is 0 Å². The van der Waals surface area contributed by atoms with Crippen LogP contribution < -0.4 is 9.80 Å². The molecule has 0 saturated carbocycles. The molecule has 5 heteroatoms. The van der Waals surface area contributed by atoms with Gasteiger partial charge in [-0.3, -0.25) is 0 Å². The van der Waals surface area contributed by atoms with E-state index in [0.29, 0.717) is 11.8 Å². The third kappa shape index (κ3) is 3.73. The predicted molar refractivity (Wildman–Crippen MR) is 153 cm³/mol. The maximum Gasteiger partial charge on any atom is 0.248 e. The van der Waals surface area contributed by atoms with Gasteiger partial charge in [0.15, 0.2) is 0 Å². The fraction of sp³-hybridized carbons (Fsp3) is 0.0303. The standard InChI is InChI=1S/C33H24N4O/c1-23-10-9-11-25(22-23)33-35-34-32(38-33)24-18-20-27(21-19-24)37-30-16-7-5-14-28(30)36(26-12-3-2-4-13-26)29-15-6-8-17-31(29)37/h2-22H,1H3. The van der Waals surface area contributed by atoms with Crippen LogP contribution in [0.4, 0.5) is 34.1 Å². The summed E-state index contributed by atoms with van der Waals surface area (Å²) in [6, 6.07) is 43.9. The molecule has 38 heavy (non-hydrogen) atoms. The molecular formula is C33H24N4O. The van der Waals surface area contributed by atoms with Crippen LogP contribution in [0.1, 0.15) is 5.56 Å². The highest BCUT2D eigenvalue weighted by Crippen LogP contribution is 2.53. The van der Waals surface area contributed by atoms with Gasteiger partial charge in [-0.2, -0.15) is 0 Å². The maximum absolute atomic E-state index is 6.03. The lowest BCUT2D eigenvalue weighted by atomic mass is 10.0. The molecule has 0 unspecified atom stereocenters. The van der Waals surface area contributed by atoms with E-state index in [1.165, 1.54) is 0 Å². The van der Waals surface area contributed by atoms with Crippen LogP contribution in [0.2, 0.25) is 0 Å². The van der Waals surface area contributed by atoms with Gasteiger partial charge in [0.25, 0.3) is 0 Å². The number of aryl methyl sites for hydroxylation is 1. The molecular weight excluding hydrogens is 468 g/mol. The molecule has 182 valence electrons. The van der Waals surface area contributed by atoms with Gasteiger partial charge in [0.05, 0.1) is 22.7 Å². The largest absolute Gasteiger partial charge is 0.416 e. The first-order chi connectivity index (χ1) is 18.8. The molecule has 5 nitrogen and oxygen atoms in total. The van der Waals surface area contributed by atoms with E-state index in [-0.39, 0.29) is 0 Å². The second kappa shape index (κ2) is 9.05. The van der Waals surface area contributed by atoms with Crippen molar-refractivity contribution >= 4 is 34.1 Å². The van der Waals surface area contributed by atoms with Crippen molar-refractivity contribution in [1.82, 2.24) is 10.2 Å². The molecule has 1 aliphatic heterocycles. The molecule has 0 bridgehead atoms. The first kappa shape index (κ1) is 22.1. The summed E-state index contributed by atoms with van der Waals surface area (Å²) in [5.74, 6) is 1.02. The van der Waals surface area contributed by atoms with E-state index < -0.39 is 0 Å². The molecule has 2 heterocycles. The van der Waals surface area contributed by atoms with Crippen LogP contribution in [0.15, 0.2) is 132 Å². The first-order valence-corrected chi connectivity index (χ1v) is 12.6. The molecule has 0 amide bonds. The van der Waals surface area contributed by atoms with E-state index in [9.17, 15) is 0 Å². The van der Waals surface area contributed by atoms with Crippen molar-refractivity contribution in [3.05, 3.63) is 133 Å². The fourth-order valence-corrected chi connectivity index (χ4v) is 5.07. The smallest absolute Gasteiger partial charge is 0.248 e. The van der Waals surface area contributed by atoms with Gasteiger partial charge in [-0.15, -0.1) is 10.2 Å². The summed E-state index contributed by atoms with van der Waals surface area (Å²) >= 11 is 0. The Morgan fingerprint density at radius 2 is 0.974 bits per heavy atom. The van der Waals surface area contributed by atoms with Gasteiger partial charge in [-0.1, -0.05) is 60.2 Å². The number of fused-ring (bicyclic) bond motifs is 2. The van der Waals surface area contributed by atoms with Crippen LogP contribution in [-0.2, 0) is 0 Å². The molecule has 0 aliphatic carbocycles. The van der Waals surface area contributed by atoms with Crippen molar-refractivity contribution in [1.29, 1.82) is 0 Å². The van der Waals surface area contributed by atoms with Crippen LogP contribution in [0.3, 0.4) is 0 Å². The summed E-state index contributed by atoms with van der Waals surface area (Å²) in [5.41, 5.74) is 9.61. The van der Waals surface area contributed by atoms with Gasteiger partial charge in [0, 0.05) is 22.5 Å². The third-order valence-electron chi connectivity index (χ3n) is 6.80. The van der Waals surface area contributed by atoms with Crippen LogP contribution in [0.5, 0.6) is 0 Å². The summed E-state index contributed by atoms with van der Waals surface area (Å²) in [5, 5.41) is 8.59. The Kier molecular flexibility index (Phi) is 5.26. The third-order valence-corrected chi connectivity index (χ3v) is 6.80. The molecule has 0 saturated heterocycles. The minimum atomic E-state index is 0.503. The molecule has 0 fully saturated rings. The number of hydrogen-bond donors (Lipinski definition) is 0. The van der Waals surface area contributed by atoms with Crippen molar-refractivity contribution in [2.45, 2.75) is 6.92 Å². The SMILES string of the molecule is Cc1cccc(-c2nnc(-c3ccc(N4c5ccccc5N(c5ccccc5)c5ccccc54)cc3)o2)c1. The molecule has 0 spiro atoms. The number of aromatic nitrogens is 2. The van der Waals surface area contributed by atoms with Crippen LogP contribution in [0.25, 0.3) is 22.9 Å². The molecule has 0 radical (unpaired) electrons. The zero-order valence-corrected chi connectivity index (χ0v) is 20.8. The number of rotatable bonds is 4. The summed E-state index contributed by atoms with van der Waals surface area (Å²) in [7, 11) is 0. The molecule has 0 atom stereocenters. The Hall–Kier alpha value is -5.16. The number of para-hydroxylation sites is 5. The Morgan fingerprint density at radius 3 is 1.53 bits per heavy atom. The van der Waals surface area contributed by atoms with Crippen molar-refractivity contribution in [2.75, 3.05) is 9.80 Å². The Labute approximate surface area is 221 Å². The average Bonchev–Trinajstić information content (AvgIpc) is 3.47. The lowest BCUT2D eigenvalue weighted by molar-refractivity contribution is 0.584. The molecule has 0 N–H and O–H groups in total. The molecule has 5 aromatic carbocycles. The minimum absolute atomic E-state index is 0.503. The zero-order chi connectivity index (χ0) is 25.5. The maximum atomic E-state index is 6.03. The van der Waals surface area contributed by atoms with E-state index in [1.807, 2.05) is 36.4 Å². The Bertz CT molecular complexity index is 1690. The number of nitrogens with zero attached hydrogens (tertiary/aromatic N) is 4. The number of benzene rings is 5. The Morgan fingerprint density at radius 1 is 0.474 bits per heavy atom. The van der Waals surface area contributed by atoms with Gasteiger partial charge in [0.2, 0.25) is 11.8 Å². The highest BCUT2D eigenvalue weighted by atomic mass is 16.4. The summed E-state index contributed by atoms with van der Waals surface area (Å²) in [4.78, 5) is 4.63. The van der Waals surface area contributed by atoms with E-state index in [4.69, 9.17) is 4.42 Å². The lowest BCUT2D eigenvalue weighted by Crippen LogP contribution is -2.23. The predicted octanol–water partition coefficient (Wildman–Crippen LogP) is 8.97. The van der Waals surface area contributed by atoms with Crippen LogP contribution >= 0.6 is 0 Å². The normalized spacial score (nSPS) is 12.2. The average molecular weight is 493 g/mol. The number of hydrogen-bond acceptors (Lipinski definition) is 5. The van der Waals surface area contributed by atoms with E-state index in [2.05, 4.69) is 118 Å². The highest BCUT2D eigenvalue weighted by molar-refractivity contribution is 6.01. The van der Waals surface area contributed by atoms with Gasteiger partial charge < -0.3 is 14.2 Å². The van der Waals surface area contributed by atoms with Crippen molar-refractivity contribution in [3.63, 3.8) is 0 Å². The van der Waals surface area contributed by atoms with E-state index >= 15 is 0 Å². The van der Waals surface area contributed by atoms with Crippen LogP contribution in [-0.4, -0.2) is 10.2 Å². The topological polar surface area (TPSA) is 45.4 Å². The van der Waals surface area contributed by atoms with Gasteiger partial charge in [-0.05, 0) is 79.7 Å². The van der Waals surface area contributed by atoms with Crippen LogP contribution in [0, 0.1) is 6.92 Å². The lowest BCUT2D eigenvalue weighted by Gasteiger charge is -2.40. The quantitative estimate of drug-likeness (QED) is 0.245. The van der Waals surface area contributed by atoms with Crippen molar-refractivity contribution in [2.24, 2.45) is 0 Å². The highest BCUT2D eigenvalue weighted by Gasteiger charge is 2.29. The van der Waals surface area contributed by atoms with Crippen molar-refractivity contribution < 1.29 is 4.42 Å². The minimum Gasteiger partial charge on any atom is -0.416 e. The summed E-state index contributed by atoms with van der Waals surface area (Å²) in [6.07, 6.45) is 0. The summed E-state index contributed by atoms with van der Waals surface area (Å²) in [6.45, 7) is 2.05. The molecule has 1 aliphatic rings. The van der Waals surface area contributed by atoms with Gasteiger partial charge in [-0.25, -0.2) is 0 Å². The second-order valence-corrected chi connectivity index (χ2v) is 9.31. The molecule has 6 aromatic rings. The monoisotopic (exact) mass is 492 g/mol. The fourth-order valence-electron chi connectivity index (χ4n) is 5.07. The second-order valence-electron chi connectivity index (χ2n) is 9.31. The van der Waals surface area contributed by atoms with Gasteiger partial charge >= 0.3 is 0 Å². The first-order valence-electron chi connectivity index (χ1n) is 12.6.